The summed E-state index contributed by atoms with van der Waals surface area (Å²) in [6, 6.07) is 8.34. The van der Waals surface area contributed by atoms with Gasteiger partial charge in [-0.05, 0) is 30.4 Å². The van der Waals surface area contributed by atoms with Gasteiger partial charge < -0.3 is 20.3 Å². The van der Waals surface area contributed by atoms with Crippen molar-refractivity contribution in [3.05, 3.63) is 35.4 Å². The molecule has 0 spiro atoms. The second-order valence-corrected chi connectivity index (χ2v) is 9.36. The number of nitrogens with one attached hydrogen (secondary N) is 2. The van der Waals surface area contributed by atoms with Gasteiger partial charge in [-0.15, -0.1) is 24.0 Å². The quantitative estimate of drug-likeness (QED) is 0.229. The first kappa shape index (κ1) is 26.2. The fraction of sp³-hybridized carbons (Fsp3) is 0.680. The maximum Gasteiger partial charge on any atom is 0.223 e. The maximum atomic E-state index is 12.6. The molecule has 1 aliphatic carbocycles. The number of hydrogen-bond donors (Lipinski definition) is 2. The molecule has 1 saturated carbocycles. The molecule has 0 radical (unpaired) electrons. The lowest BCUT2D eigenvalue weighted by atomic mass is 9.80. The molecule has 3 aliphatic rings. The van der Waals surface area contributed by atoms with Crippen LogP contribution in [0.3, 0.4) is 0 Å². The average molecular weight is 570 g/mol. The van der Waals surface area contributed by atoms with Crippen LogP contribution >= 0.6 is 24.0 Å². The Bertz CT molecular complexity index is 766. The molecular formula is C25H40IN5O2. The normalized spacial score (nSPS) is 20.6. The number of carbonyl (C=O) groups excluding carboxylic acids is 1. The van der Waals surface area contributed by atoms with E-state index in [-0.39, 0.29) is 35.4 Å². The number of ether oxygens (including phenoxy) is 1. The smallest absolute Gasteiger partial charge is 0.223 e. The summed E-state index contributed by atoms with van der Waals surface area (Å²) in [5, 5.41) is 7.01. The molecule has 8 heteroatoms. The fourth-order valence-corrected chi connectivity index (χ4v) is 5.44. The van der Waals surface area contributed by atoms with Crippen molar-refractivity contribution in [3.8, 4) is 0 Å². The Balaban J connectivity index is 0.00000306. The number of carbonyl (C=O) groups is 1. The molecule has 0 aromatic heterocycles. The van der Waals surface area contributed by atoms with Crippen LogP contribution in [0.2, 0.25) is 0 Å². The molecule has 4 rings (SSSR count). The van der Waals surface area contributed by atoms with E-state index in [2.05, 4.69) is 32.7 Å². The van der Waals surface area contributed by atoms with Crippen molar-refractivity contribution in [1.82, 2.24) is 20.4 Å². The highest BCUT2D eigenvalue weighted by Gasteiger charge is 2.38. The molecule has 1 amide bonds. The largest absolute Gasteiger partial charge is 0.379 e. The first-order valence-electron chi connectivity index (χ1n) is 12.3. The number of amides is 1. The molecule has 2 N–H and O–H groups in total. The Kier molecular flexibility index (Phi) is 10.2. The molecule has 0 unspecified atom stereocenters. The minimum atomic E-state index is 0. The minimum Gasteiger partial charge on any atom is -0.379 e. The number of benzene rings is 1. The highest BCUT2D eigenvalue weighted by atomic mass is 127. The van der Waals surface area contributed by atoms with Crippen LogP contribution in [0.25, 0.3) is 0 Å². The average Bonchev–Trinajstić information content (AvgIpc) is 3.29. The van der Waals surface area contributed by atoms with Gasteiger partial charge in [0.1, 0.15) is 0 Å². The van der Waals surface area contributed by atoms with E-state index in [0.717, 1.165) is 64.9 Å². The van der Waals surface area contributed by atoms with Crippen molar-refractivity contribution in [3.63, 3.8) is 0 Å². The molecule has 2 aliphatic heterocycles. The van der Waals surface area contributed by atoms with Crippen molar-refractivity contribution in [1.29, 1.82) is 0 Å². The maximum absolute atomic E-state index is 12.6. The third kappa shape index (κ3) is 6.82. The van der Waals surface area contributed by atoms with Crippen molar-refractivity contribution in [2.75, 3.05) is 46.4 Å². The van der Waals surface area contributed by atoms with E-state index in [4.69, 9.17) is 4.74 Å². The van der Waals surface area contributed by atoms with Crippen LogP contribution in [0, 0.1) is 0 Å². The number of halogens is 1. The highest BCUT2D eigenvalue weighted by Crippen LogP contribution is 2.33. The topological polar surface area (TPSA) is 69.2 Å². The summed E-state index contributed by atoms with van der Waals surface area (Å²) < 4.78 is 5.59. The Morgan fingerprint density at radius 2 is 1.73 bits per heavy atom. The van der Waals surface area contributed by atoms with Crippen LogP contribution in [-0.4, -0.2) is 73.6 Å². The zero-order chi connectivity index (χ0) is 22.2. The number of morpholine rings is 1. The van der Waals surface area contributed by atoms with E-state index >= 15 is 0 Å². The van der Waals surface area contributed by atoms with E-state index in [1.165, 1.54) is 43.2 Å². The number of fused-ring (bicyclic) bond motifs is 1. The molecule has 7 nitrogen and oxygen atoms in total. The predicted octanol–water partition coefficient (Wildman–Crippen LogP) is 3.13. The van der Waals surface area contributed by atoms with Crippen LogP contribution in [0.5, 0.6) is 0 Å². The number of hydrogen-bond acceptors (Lipinski definition) is 4. The van der Waals surface area contributed by atoms with Gasteiger partial charge >= 0.3 is 0 Å². The fourth-order valence-electron chi connectivity index (χ4n) is 5.44. The summed E-state index contributed by atoms with van der Waals surface area (Å²) in [5.74, 6) is 1.07. The van der Waals surface area contributed by atoms with Crippen LogP contribution in [0.4, 0.5) is 0 Å². The summed E-state index contributed by atoms with van der Waals surface area (Å²) in [4.78, 5) is 21.6. The number of nitrogens with zero attached hydrogens (tertiary/aromatic N) is 3. The van der Waals surface area contributed by atoms with Crippen molar-refractivity contribution >= 4 is 35.8 Å². The van der Waals surface area contributed by atoms with Gasteiger partial charge in [-0.1, -0.05) is 43.5 Å². The summed E-state index contributed by atoms with van der Waals surface area (Å²) in [5.41, 5.74) is 2.77. The molecule has 33 heavy (non-hydrogen) atoms. The molecular weight excluding hydrogens is 529 g/mol. The van der Waals surface area contributed by atoms with Gasteiger partial charge in [-0.3, -0.25) is 14.7 Å². The van der Waals surface area contributed by atoms with Gasteiger partial charge in [0.25, 0.3) is 0 Å². The number of guanidine groups is 1. The van der Waals surface area contributed by atoms with E-state index in [0.29, 0.717) is 6.42 Å². The van der Waals surface area contributed by atoms with Crippen LogP contribution in [-0.2, 0) is 22.6 Å². The Hall–Kier alpha value is -1.39. The van der Waals surface area contributed by atoms with E-state index in [1.54, 1.807) is 0 Å². The van der Waals surface area contributed by atoms with Gasteiger partial charge in [0.15, 0.2) is 5.96 Å². The second kappa shape index (κ2) is 12.9. The molecule has 0 atom stereocenters. The summed E-state index contributed by atoms with van der Waals surface area (Å²) in [7, 11) is 1.82. The first-order valence-corrected chi connectivity index (χ1v) is 12.3. The van der Waals surface area contributed by atoms with Crippen molar-refractivity contribution in [2.45, 2.75) is 63.6 Å². The van der Waals surface area contributed by atoms with Crippen LogP contribution < -0.4 is 10.6 Å². The van der Waals surface area contributed by atoms with Gasteiger partial charge in [0, 0.05) is 58.3 Å². The Morgan fingerprint density at radius 3 is 2.36 bits per heavy atom. The number of aliphatic imine (C=N–C) groups is 1. The van der Waals surface area contributed by atoms with Gasteiger partial charge in [-0.25, -0.2) is 0 Å². The van der Waals surface area contributed by atoms with E-state index in [9.17, 15) is 4.79 Å². The van der Waals surface area contributed by atoms with E-state index in [1.807, 2.05) is 24.1 Å². The zero-order valence-corrected chi connectivity index (χ0v) is 22.3. The van der Waals surface area contributed by atoms with Crippen molar-refractivity contribution in [2.24, 2.45) is 4.99 Å². The summed E-state index contributed by atoms with van der Waals surface area (Å²) in [6.45, 7) is 6.88. The van der Waals surface area contributed by atoms with Gasteiger partial charge in [0.05, 0.1) is 13.2 Å². The monoisotopic (exact) mass is 569 g/mol. The summed E-state index contributed by atoms with van der Waals surface area (Å²) >= 11 is 0. The highest BCUT2D eigenvalue weighted by molar-refractivity contribution is 14.0. The second-order valence-electron chi connectivity index (χ2n) is 9.36. The Labute approximate surface area is 215 Å². The van der Waals surface area contributed by atoms with Crippen LogP contribution in [0.1, 0.15) is 56.1 Å². The molecule has 0 bridgehead atoms. The molecule has 2 fully saturated rings. The number of rotatable bonds is 7. The lowest BCUT2D eigenvalue weighted by Crippen LogP contribution is -2.60. The van der Waals surface area contributed by atoms with Gasteiger partial charge in [-0.2, -0.15) is 0 Å². The lowest BCUT2D eigenvalue weighted by molar-refractivity contribution is -0.131. The first-order chi connectivity index (χ1) is 15.7. The standard InChI is InChI=1S/C25H39N5O2.HI/c1-26-24(28-20-25(11-5-2-6-12-25)30-14-16-32-17-15-30)27-13-7-10-23(31)29-18-21-8-3-4-9-22(21)19-29;/h3-4,8-9H,2,5-7,10-20H2,1H3,(H2,26,27,28);1H. The van der Waals surface area contributed by atoms with Gasteiger partial charge in [0.2, 0.25) is 5.91 Å². The predicted molar refractivity (Wildman–Crippen MR) is 143 cm³/mol. The third-order valence-electron chi connectivity index (χ3n) is 7.33. The molecule has 2 heterocycles. The molecule has 1 aromatic rings. The van der Waals surface area contributed by atoms with E-state index < -0.39 is 0 Å². The Morgan fingerprint density at radius 1 is 1.06 bits per heavy atom. The third-order valence-corrected chi connectivity index (χ3v) is 7.33. The van der Waals surface area contributed by atoms with Crippen molar-refractivity contribution < 1.29 is 9.53 Å². The lowest BCUT2D eigenvalue weighted by Gasteiger charge is -2.48. The van der Waals surface area contributed by atoms with Crippen LogP contribution in [0.15, 0.2) is 29.3 Å². The molecule has 1 saturated heterocycles. The SMILES string of the molecule is CN=C(NCCCC(=O)N1Cc2ccccc2C1)NCC1(N2CCOCC2)CCCCC1.I. The molecule has 1 aromatic carbocycles. The minimum absolute atomic E-state index is 0. The molecule has 184 valence electrons. The zero-order valence-electron chi connectivity index (χ0n) is 20.0. The summed E-state index contributed by atoms with van der Waals surface area (Å²) in [6.07, 6.45) is 7.79.